The normalized spacial score (nSPS) is 11.7. The van der Waals surface area contributed by atoms with E-state index in [1.807, 2.05) is 6.92 Å². The average molecular weight is 301 g/mol. The second kappa shape index (κ2) is 6.80. The van der Waals surface area contributed by atoms with E-state index in [9.17, 15) is 14.0 Å². The minimum atomic E-state index is -1.02. The Hall–Kier alpha value is -2.76. The third kappa shape index (κ3) is 3.46. The first kappa shape index (κ1) is 15.6. The molecular weight excluding hydrogens is 285 g/mol. The predicted molar refractivity (Wildman–Crippen MR) is 79.4 cm³/mol. The Labute approximate surface area is 127 Å². The van der Waals surface area contributed by atoms with Gasteiger partial charge < -0.3 is 11.1 Å². The van der Waals surface area contributed by atoms with Crippen LogP contribution in [-0.4, -0.2) is 16.8 Å². The highest BCUT2D eigenvalue weighted by Gasteiger charge is 2.22. The summed E-state index contributed by atoms with van der Waals surface area (Å²) in [4.78, 5) is 27.9. The van der Waals surface area contributed by atoms with Crippen molar-refractivity contribution in [2.45, 2.75) is 19.4 Å². The highest BCUT2D eigenvalue weighted by Crippen LogP contribution is 2.15. The highest BCUT2D eigenvalue weighted by atomic mass is 19.1. The zero-order chi connectivity index (χ0) is 16.1. The third-order valence-corrected chi connectivity index (χ3v) is 3.29. The number of benzene rings is 1. The van der Waals surface area contributed by atoms with Crippen molar-refractivity contribution in [3.05, 3.63) is 65.2 Å². The number of rotatable bonds is 5. The molecule has 1 atom stereocenters. The summed E-state index contributed by atoms with van der Waals surface area (Å²) in [6.45, 7) is 1.90. The number of aryl methyl sites for hydroxylation is 1. The van der Waals surface area contributed by atoms with E-state index in [-0.39, 0.29) is 0 Å². The summed E-state index contributed by atoms with van der Waals surface area (Å²) in [5.41, 5.74) is 6.97. The van der Waals surface area contributed by atoms with Crippen LogP contribution in [0.2, 0.25) is 0 Å². The molecule has 0 aliphatic carbocycles. The van der Waals surface area contributed by atoms with Crippen LogP contribution in [0.3, 0.4) is 0 Å². The van der Waals surface area contributed by atoms with Gasteiger partial charge in [-0.2, -0.15) is 0 Å². The van der Waals surface area contributed by atoms with E-state index in [2.05, 4.69) is 10.3 Å². The third-order valence-electron chi connectivity index (χ3n) is 3.29. The highest BCUT2D eigenvalue weighted by molar-refractivity contribution is 5.98. The number of pyridine rings is 1. The van der Waals surface area contributed by atoms with Gasteiger partial charge in [0.05, 0.1) is 0 Å². The SMILES string of the molecule is CCc1cnccc1C(=O)NC(C(N)=O)c1ccc(F)cc1. The summed E-state index contributed by atoms with van der Waals surface area (Å²) in [6, 6.07) is 5.81. The van der Waals surface area contributed by atoms with Gasteiger partial charge in [-0.25, -0.2) is 4.39 Å². The summed E-state index contributed by atoms with van der Waals surface area (Å²) < 4.78 is 13.0. The quantitative estimate of drug-likeness (QED) is 0.882. The van der Waals surface area contributed by atoms with Crippen molar-refractivity contribution < 1.29 is 14.0 Å². The molecule has 2 rings (SSSR count). The lowest BCUT2D eigenvalue weighted by Gasteiger charge is -2.17. The van der Waals surface area contributed by atoms with Crippen molar-refractivity contribution in [1.82, 2.24) is 10.3 Å². The summed E-state index contributed by atoms with van der Waals surface area (Å²) >= 11 is 0. The number of carbonyl (C=O) groups excluding carboxylic acids is 2. The maximum absolute atomic E-state index is 13.0. The number of nitrogens with one attached hydrogen (secondary N) is 1. The Bertz CT molecular complexity index is 686. The Kier molecular flexibility index (Phi) is 4.83. The van der Waals surface area contributed by atoms with E-state index in [0.29, 0.717) is 17.5 Å². The molecule has 0 spiro atoms. The van der Waals surface area contributed by atoms with Gasteiger partial charge in [-0.1, -0.05) is 19.1 Å². The molecule has 0 aliphatic rings. The smallest absolute Gasteiger partial charge is 0.252 e. The van der Waals surface area contributed by atoms with Crippen molar-refractivity contribution in [3.63, 3.8) is 0 Å². The molecule has 1 heterocycles. The van der Waals surface area contributed by atoms with Gasteiger partial charge in [0.2, 0.25) is 5.91 Å². The number of nitrogens with zero attached hydrogens (tertiary/aromatic N) is 1. The number of primary amides is 1. The van der Waals surface area contributed by atoms with Gasteiger partial charge in [0, 0.05) is 18.0 Å². The molecule has 0 radical (unpaired) electrons. The Morgan fingerprint density at radius 1 is 1.27 bits per heavy atom. The summed E-state index contributed by atoms with van der Waals surface area (Å²) in [6.07, 6.45) is 3.74. The average Bonchev–Trinajstić information content (AvgIpc) is 2.53. The molecule has 6 heteroatoms. The fraction of sp³-hybridized carbons (Fsp3) is 0.188. The first-order chi connectivity index (χ1) is 10.5. The number of amides is 2. The summed E-state index contributed by atoms with van der Waals surface area (Å²) in [5, 5.41) is 2.58. The van der Waals surface area contributed by atoms with Gasteiger partial charge in [-0.3, -0.25) is 14.6 Å². The molecule has 1 aromatic carbocycles. The van der Waals surface area contributed by atoms with Crippen molar-refractivity contribution >= 4 is 11.8 Å². The number of nitrogens with two attached hydrogens (primary N) is 1. The maximum atomic E-state index is 13.0. The van der Waals surface area contributed by atoms with E-state index in [1.165, 1.54) is 30.5 Å². The van der Waals surface area contributed by atoms with Crippen LogP contribution >= 0.6 is 0 Å². The van der Waals surface area contributed by atoms with Crippen LogP contribution in [0.4, 0.5) is 4.39 Å². The second-order valence-electron chi connectivity index (χ2n) is 4.75. The van der Waals surface area contributed by atoms with Crippen molar-refractivity contribution in [2.75, 3.05) is 0 Å². The van der Waals surface area contributed by atoms with Crippen LogP contribution in [-0.2, 0) is 11.2 Å². The van der Waals surface area contributed by atoms with Crippen LogP contribution in [0.25, 0.3) is 0 Å². The Morgan fingerprint density at radius 2 is 1.95 bits per heavy atom. The molecule has 2 amide bonds. The van der Waals surface area contributed by atoms with E-state index in [4.69, 9.17) is 5.73 Å². The molecule has 1 aromatic heterocycles. The molecule has 3 N–H and O–H groups in total. The van der Waals surface area contributed by atoms with Crippen LogP contribution in [0.5, 0.6) is 0 Å². The molecule has 22 heavy (non-hydrogen) atoms. The van der Waals surface area contributed by atoms with E-state index in [0.717, 1.165) is 5.56 Å². The van der Waals surface area contributed by atoms with Gasteiger partial charge in [-0.15, -0.1) is 0 Å². The minimum Gasteiger partial charge on any atom is -0.368 e. The first-order valence-corrected chi connectivity index (χ1v) is 6.81. The molecule has 0 fully saturated rings. The van der Waals surface area contributed by atoms with Crippen molar-refractivity contribution in [1.29, 1.82) is 0 Å². The molecule has 5 nitrogen and oxygen atoms in total. The second-order valence-corrected chi connectivity index (χ2v) is 4.75. The fourth-order valence-corrected chi connectivity index (χ4v) is 2.11. The number of halogens is 1. The van der Waals surface area contributed by atoms with Crippen LogP contribution in [0.15, 0.2) is 42.7 Å². The number of hydrogen-bond acceptors (Lipinski definition) is 3. The lowest BCUT2D eigenvalue weighted by molar-refractivity contribution is -0.120. The van der Waals surface area contributed by atoms with Gasteiger partial charge in [0.15, 0.2) is 0 Å². The maximum Gasteiger partial charge on any atom is 0.252 e. The van der Waals surface area contributed by atoms with Gasteiger partial charge in [0.1, 0.15) is 11.9 Å². The summed E-state index contributed by atoms with van der Waals surface area (Å²) in [7, 11) is 0. The first-order valence-electron chi connectivity index (χ1n) is 6.81. The number of hydrogen-bond donors (Lipinski definition) is 2. The largest absolute Gasteiger partial charge is 0.368 e. The molecule has 0 saturated heterocycles. The Morgan fingerprint density at radius 3 is 2.55 bits per heavy atom. The standard InChI is InChI=1S/C16H16FN3O2/c1-2-10-9-19-8-7-13(10)16(22)20-14(15(18)21)11-3-5-12(17)6-4-11/h3-9,14H,2H2,1H3,(H2,18,21)(H,20,22). The molecule has 0 saturated carbocycles. The van der Waals surface area contributed by atoms with Gasteiger partial charge in [-0.05, 0) is 35.7 Å². The summed E-state index contributed by atoms with van der Waals surface area (Å²) in [5.74, 6) is -1.57. The fourth-order valence-electron chi connectivity index (χ4n) is 2.11. The predicted octanol–water partition coefficient (Wildman–Crippen LogP) is 1.74. The van der Waals surface area contributed by atoms with E-state index in [1.54, 1.807) is 12.3 Å². The van der Waals surface area contributed by atoms with Crippen molar-refractivity contribution in [2.24, 2.45) is 5.73 Å². The van der Waals surface area contributed by atoms with Gasteiger partial charge in [0.25, 0.3) is 5.91 Å². The minimum absolute atomic E-state index is 0.424. The molecule has 2 aromatic rings. The van der Waals surface area contributed by atoms with Crippen LogP contribution in [0, 0.1) is 5.82 Å². The molecule has 1 unspecified atom stereocenters. The zero-order valence-electron chi connectivity index (χ0n) is 12.0. The van der Waals surface area contributed by atoms with Crippen molar-refractivity contribution in [3.8, 4) is 0 Å². The Balaban J connectivity index is 2.26. The molecule has 114 valence electrons. The zero-order valence-corrected chi connectivity index (χ0v) is 12.0. The monoisotopic (exact) mass is 301 g/mol. The van der Waals surface area contributed by atoms with E-state index >= 15 is 0 Å². The number of aromatic nitrogens is 1. The van der Waals surface area contributed by atoms with E-state index < -0.39 is 23.7 Å². The molecule has 0 aliphatic heterocycles. The molecule has 0 bridgehead atoms. The van der Waals surface area contributed by atoms with Crippen LogP contribution < -0.4 is 11.1 Å². The molecular formula is C16H16FN3O2. The lowest BCUT2D eigenvalue weighted by Crippen LogP contribution is -2.37. The number of carbonyl (C=O) groups is 2. The lowest BCUT2D eigenvalue weighted by atomic mass is 10.0. The van der Waals surface area contributed by atoms with Gasteiger partial charge >= 0.3 is 0 Å². The topological polar surface area (TPSA) is 85.1 Å². The van der Waals surface area contributed by atoms with Crippen LogP contribution in [0.1, 0.15) is 34.5 Å².